The Bertz CT molecular complexity index is 564. The molecule has 0 spiro atoms. The smallest absolute Gasteiger partial charge is 0.192 e. The zero-order valence-corrected chi connectivity index (χ0v) is 23.6. The molecule has 0 aromatic rings. The molecule has 0 N–H and O–H groups in total. The second-order valence-corrected chi connectivity index (χ2v) is 25.7. The molecule has 0 saturated carbocycles. The van der Waals surface area contributed by atoms with E-state index in [4.69, 9.17) is 8.85 Å². The topological polar surface area (TPSA) is 18.5 Å². The Hall–Kier alpha value is -0.129. The summed E-state index contributed by atoms with van der Waals surface area (Å²) in [5.41, 5.74) is 2.97. The maximum absolute atomic E-state index is 6.70. The Morgan fingerprint density at radius 1 is 0.852 bits per heavy atom. The molecular formula is C22H46O2Si3. The lowest BCUT2D eigenvalue weighted by Gasteiger charge is -2.40. The van der Waals surface area contributed by atoms with Gasteiger partial charge in [0.2, 0.25) is 0 Å². The quantitative estimate of drug-likeness (QED) is 0.246. The van der Waals surface area contributed by atoms with Gasteiger partial charge in [-0.25, -0.2) is 0 Å². The third kappa shape index (κ3) is 10.8. The first kappa shape index (κ1) is 26.9. The molecule has 2 atom stereocenters. The highest BCUT2D eigenvalue weighted by atomic mass is 28.4. The molecule has 0 amide bonds. The first-order valence-electron chi connectivity index (χ1n) is 10.3. The largest absolute Gasteiger partial charge is 0.410 e. The van der Waals surface area contributed by atoms with Gasteiger partial charge in [-0.2, -0.15) is 0 Å². The minimum Gasteiger partial charge on any atom is -0.410 e. The normalized spacial score (nSPS) is 17.6. The number of rotatable bonds is 7. The molecule has 0 heterocycles. The predicted octanol–water partition coefficient (Wildman–Crippen LogP) is 7.08. The van der Waals surface area contributed by atoms with Crippen molar-refractivity contribution in [3.8, 4) is 11.5 Å². The van der Waals surface area contributed by atoms with Crippen molar-refractivity contribution in [3.63, 3.8) is 0 Å². The Balaban J connectivity index is 5.81. The van der Waals surface area contributed by atoms with E-state index in [0.29, 0.717) is 5.92 Å². The van der Waals surface area contributed by atoms with Crippen LogP contribution < -0.4 is 0 Å². The molecular weight excluding hydrogens is 380 g/mol. The molecule has 0 saturated heterocycles. The van der Waals surface area contributed by atoms with Gasteiger partial charge in [0.1, 0.15) is 13.7 Å². The molecule has 0 aliphatic carbocycles. The van der Waals surface area contributed by atoms with Crippen LogP contribution in [-0.4, -0.2) is 36.4 Å². The van der Waals surface area contributed by atoms with Crippen LogP contribution in [0.2, 0.25) is 57.4 Å². The van der Waals surface area contributed by atoms with E-state index in [1.807, 2.05) is 0 Å². The average molecular weight is 427 g/mol. The minimum atomic E-state index is -1.83. The molecule has 2 nitrogen and oxygen atoms in total. The summed E-state index contributed by atoms with van der Waals surface area (Å²) < 4.78 is 13.2. The van der Waals surface area contributed by atoms with Crippen LogP contribution in [0.1, 0.15) is 41.5 Å². The summed E-state index contributed by atoms with van der Waals surface area (Å²) in [6, 6.07) is 0. The zero-order chi connectivity index (χ0) is 21.9. The third-order valence-corrected chi connectivity index (χ3v) is 11.1. The summed E-state index contributed by atoms with van der Waals surface area (Å²) >= 11 is 0. The highest BCUT2D eigenvalue weighted by Crippen LogP contribution is 2.38. The van der Waals surface area contributed by atoms with Crippen LogP contribution in [0.3, 0.4) is 0 Å². The second kappa shape index (κ2) is 9.13. The number of hydrogen-bond donors (Lipinski definition) is 0. The van der Waals surface area contributed by atoms with Crippen LogP contribution in [0.4, 0.5) is 0 Å². The van der Waals surface area contributed by atoms with E-state index >= 15 is 0 Å². The van der Waals surface area contributed by atoms with Crippen molar-refractivity contribution >= 4 is 24.7 Å². The SMILES string of the molecule is CC(C)[C@@H](/C=C/C(C)(C#C[Si](C)(C)C)O[Si](C)(C)C)O[Si](C)(C)C(C)(C)C. The fraction of sp³-hybridized carbons (Fsp3) is 0.818. The van der Waals surface area contributed by atoms with Crippen molar-refractivity contribution in [2.45, 2.75) is 111 Å². The molecule has 0 aliphatic heterocycles. The van der Waals surface area contributed by atoms with E-state index in [1.54, 1.807) is 0 Å². The maximum atomic E-state index is 6.70. The van der Waals surface area contributed by atoms with Gasteiger partial charge < -0.3 is 8.85 Å². The zero-order valence-electron chi connectivity index (χ0n) is 20.6. The van der Waals surface area contributed by atoms with Gasteiger partial charge in [0.05, 0.1) is 6.10 Å². The van der Waals surface area contributed by atoms with Crippen molar-refractivity contribution in [3.05, 3.63) is 12.2 Å². The van der Waals surface area contributed by atoms with Crippen molar-refractivity contribution < 1.29 is 8.85 Å². The molecule has 0 aliphatic rings. The molecule has 5 heteroatoms. The summed E-state index contributed by atoms with van der Waals surface area (Å²) in [5.74, 6) is 3.89. The van der Waals surface area contributed by atoms with E-state index < -0.39 is 30.3 Å². The molecule has 0 fully saturated rings. The molecule has 0 radical (unpaired) electrons. The van der Waals surface area contributed by atoms with Gasteiger partial charge in [0.25, 0.3) is 0 Å². The van der Waals surface area contributed by atoms with Crippen LogP contribution in [0, 0.1) is 17.4 Å². The van der Waals surface area contributed by atoms with Gasteiger partial charge in [-0.1, -0.05) is 66.3 Å². The van der Waals surface area contributed by atoms with Gasteiger partial charge in [-0.15, -0.1) is 5.54 Å². The van der Waals surface area contributed by atoms with E-state index in [2.05, 4.69) is 118 Å². The average Bonchev–Trinajstić information content (AvgIpc) is 2.37. The summed E-state index contributed by atoms with van der Waals surface area (Å²) in [5, 5.41) is 0.198. The first-order valence-corrected chi connectivity index (χ1v) is 20.1. The fourth-order valence-corrected chi connectivity index (χ4v) is 5.64. The van der Waals surface area contributed by atoms with Crippen molar-refractivity contribution in [2.24, 2.45) is 5.92 Å². The van der Waals surface area contributed by atoms with E-state index in [1.165, 1.54) is 0 Å². The molecule has 0 rings (SSSR count). The van der Waals surface area contributed by atoms with Crippen molar-refractivity contribution in [1.29, 1.82) is 0 Å². The van der Waals surface area contributed by atoms with Gasteiger partial charge in [-0.3, -0.25) is 0 Å². The van der Waals surface area contributed by atoms with E-state index in [-0.39, 0.29) is 11.1 Å². The predicted molar refractivity (Wildman–Crippen MR) is 130 cm³/mol. The van der Waals surface area contributed by atoms with Crippen LogP contribution in [0.25, 0.3) is 0 Å². The van der Waals surface area contributed by atoms with Gasteiger partial charge in [0, 0.05) is 0 Å². The van der Waals surface area contributed by atoms with Crippen molar-refractivity contribution in [1.82, 2.24) is 0 Å². The van der Waals surface area contributed by atoms with Crippen LogP contribution in [0.5, 0.6) is 0 Å². The third-order valence-electron chi connectivity index (χ3n) is 4.70. The van der Waals surface area contributed by atoms with Crippen LogP contribution in [-0.2, 0) is 8.85 Å². The minimum absolute atomic E-state index is 0.0872. The summed E-state index contributed by atoms with van der Waals surface area (Å²) in [6.45, 7) is 31.6. The summed E-state index contributed by atoms with van der Waals surface area (Å²) in [6.07, 6.45) is 4.46. The molecule has 1 unspecified atom stereocenters. The summed E-state index contributed by atoms with van der Waals surface area (Å²) in [7, 11) is -5.04. The van der Waals surface area contributed by atoms with E-state index in [9.17, 15) is 0 Å². The standard InChI is InChI=1S/C22H46O2Si3/c1-19(2)20(23-27(13,14)21(3,4)5)15-16-22(6,24-26(10,11)12)17-18-25(7,8)9/h15-16,19-20H,1-14H3/b16-15+/t20-,22?/m1/s1. The molecule has 158 valence electrons. The maximum Gasteiger partial charge on any atom is 0.192 e. The molecule has 0 aromatic carbocycles. The van der Waals surface area contributed by atoms with Gasteiger partial charge in [-0.05, 0) is 56.7 Å². The van der Waals surface area contributed by atoms with Crippen LogP contribution in [0.15, 0.2) is 12.2 Å². The lowest BCUT2D eigenvalue weighted by atomic mass is 10.0. The van der Waals surface area contributed by atoms with E-state index in [0.717, 1.165) is 0 Å². The van der Waals surface area contributed by atoms with Gasteiger partial charge >= 0.3 is 0 Å². The molecule has 0 bridgehead atoms. The Morgan fingerprint density at radius 2 is 1.33 bits per heavy atom. The summed E-state index contributed by atoms with van der Waals surface area (Å²) in [4.78, 5) is 0. The molecule has 27 heavy (non-hydrogen) atoms. The van der Waals surface area contributed by atoms with Crippen molar-refractivity contribution in [2.75, 3.05) is 0 Å². The first-order chi connectivity index (χ1) is 11.7. The van der Waals surface area contributed by atoms with Crippen LogP contribution >= 0.6 is 0 Å². The second-order valence-electron chi connectivity index (χ2n) is 11.8. The Kier molecular flexibility index (Phi) is 9.08. The lowest BCUT2D eigenvalue weighted by molar-refractivity contribution is 0.168. The monoisotopic (exact) mass is 426 g/mol. The highest BCUT2D eigenvalue weighted by Gasteiger charge is 2.39. The fourth-order valence-electron chi connectivity index (χ4n) is 2.24. The lowest BCUT2D eigenvalue weighted by Crippen LogP contribution is -2.45. The molecule has 0 aromatic heterocycles. The Morgan fingerprint density at radius 3 is 1.67 bits per heavy atom. The van der Waals surface area contributed by atoms with Gasteiger partial charge in [0.15, 0.2) is 16.6 Å². The number of hydrogen-bond acceptors (Lipinski definition) is 2. The Labute approximate surface area is 173 Å². The highest BCUT2D eigenvalue weighted by molar-refractivity contribution is 6.83.